The summed E-state index contributed by atoms with van der Waals surface area (Å²) < 4.78 is 7.40. The van der Waals surface area contributed by atoms with Crippen LogP contribution in [0.5, 0.6) is 0 Å². The number of rotatable bonds is 6. The van der Waals surface area contributed by atoms with E-state index in [0.717, 1.165) is 46.9 Å². The lowest BCUT2D eigenvalue weighted by atomic mass is 9.96. The van der Waals surface area contributed by atoms with Gasteiger partial charge in [-0.15, -0.1) is 0 Å². The average molecular weight is 512 g/mol. The van der Waals surface area contributed by atoms with E-state index in [0.29, 0.717) is 26.2 Å². The highest BCUT2D eigenvalue weighted by molar-refractivity contribution is 7.08. The number of hydrogen-bond acceptors (Lipinski definition) is 6. The number of hydrazone groups is 1. The molecule has 2 aromatic heterocycles. The summed E-state index contributed by atoms with van der Waals surface area (Å²) in [7, 11) is 0. The Bertz CT molecular complexity index is 1410. The van der Waals surface area contributed by atoms with E-state index in [1.54, 1.807) is 16.3 Å². The van der Waals surface area contributed by atoms with Crippen molar-refractivity contribution in [3.63, 3.8) is 0 Å². The summed E-state index contributed by atoms with van der Waals surface area (Å²) in [5.74, 6) is -0.000201. The number of thiophene rings is 1. The molecule has 0 N–H and O–H groups in total. The molecule has 4 aromatic rings. The molecule has 8 heteroatoms. The fourth-order valence-electron chi connectivity index (χ4n) is 4.97. The van der Waals surface area contributed by atoms with Crippen LogP contribution in [-0.4, -0.2) is 64.2 Å². The summed E-state index contributed by atoms with van der Waals surface area (Å²) in [6.45, 7) is 5.23. The van der Waals surface area contributed by atoms with Crippen LogP contribution in [0.3, 0.4) is 0 Å². The number of amides is 1. The van der Waals surface area contributed by atoms with Crippen molar-refractivity contribution in [2.75, 3.05) is 32.8 Å². The molecule has 1 saturated heterocycles. The summed E-state index contributed by atoms with van der Waals surface area (Å²) in [4.78, 5) is 15.9. The van der Waals surface area contributed by atoms with Crippen molar-refractivity contribution in [3.05, 3.63) is 94.3 Å². The second-order valence-electron chi connectivity index (χ2n) is 9.49. The first-order chi connectivity index (χ1) is 18.2. The number of carbonyl (C=O) groups is 1. The number of hydrogen-bond donors (Lipinski definition) is 0. The van der Waals surface area contributed by atoms with Crippen molar-refractivity contribution < 1.29 is 9.53 Å². The van der Waals surface area contributed by atoms with Gasteiger partial charge in [0, 0.05) is 42.4 Å². The number of nitrogens with zero attached hydrogens (tertiary/aromatic N) is 5. The maximum atomic E-state index is 13.7. The lowest BCUT2D eigenvalue weighted by Gasteiger charge is -2.29. The average Bonchev–Trinajstić information content (AvgIpc) is 3.69. The summed E-state index contributed by atoms with van der Waals surface area (Å²) in [5.41, 5.74) is 7.07. The quantitative estimate of drug-likeness (QED) is 0.369. The highest BCUT2D eigenvalue weighted by Crippen LogP contribution is 2.38. The molecule has 6 rings (SSSR count). The summed E-state index contributed by atoms with van der Waals surface area (Å²) in [6, 6.07) is 20.3. The summed E-state index contributed by atoms with van der Waals surface area (Å²) in [6.07, 6.45) is 2.71. The Kier molecular flexibility index (Phi) is 6.70. The number of ether oxygens (including phenoxy) is 1. The maximum absolute atomic E-state index is 13.7. The second kappa shape index (κ2) is 10.4. The Morgan fingerprint density at radius 2 is 1.89 bits per heavy atom. The zero-order chi connectivity index (χ0) is 25.2. The molecule has 2 aliphatic heterocycles. The Morgan fingerprint density at radius 3 is 2.65 bits per heavy atom. The number of morpholine rings is 1. The SMILES string of the molecule is Cc1cccc(-c2nn(-c3ccccc3)cc2[C@H]2CC(c3ccsc3)=NN2C(=O)CN2CCOCC2)c1. The molecule has 2 aromatic carbocycles. The third-order valence-electron chi connectivity index (χ3n) is 6.90. The first-order valence-electron chi connectivity index (χ1n) is 12.6. The predicted octanol–water partition coefficient (Wildman–Crippen LogP) is 4.92. The molecule has 4 heterocycles. The fraction of sp³-hybridized carbons (Fsp3) is 0.276. The first kappa shape index (κ1) is 23.8. The third kappa shape index (κ3) is 5.00. The van der Waals surface area contributed by atoms with Crippen molar-refractivity contribution in [2.45, 2.75) is 19.4 Å². The molecule has 7 nitrogen and oxygen atoms in total. The molecule has 1 amide bonds. The molecule has 0 radical (unpaired) electrons. The highest BCUT2D eigenvalue weighted by Gasteiger charge is 2.37. The summed E-state index contributed by atoms with van der Waals surface area (Å²) in [5, 5.41) is 15.8. The monoisotopic (exact) mass is 511 g/mol. The van der Waals surface area contributed by atoms with Gasteiger partial charge in [0.1, 0.15) is 0 Å². The molecule has 188 valence electrons. The van der Waals surface area contributed by atoms with Crippen LogP contribution in [0, 0.1) is 6.92 Å². The minimum Gasteiger partial charge on any atom is -0.379 e. The van der Waals surface area contributed by atoms with Crippen LogP contribution < -0.4 is 0 Å². The van der Waals surface area contributed by atoms with Crippen LogP contribution in [0.25, 0.3) is 16.9 Å². The molecule has 37 heavy (non-hydrogen) atoms. The van der Waals surface area contributed by atoms with Gasteiger partial charge in [-0.1, -0.05) is 42.0 Å². The van der Waals surface area contributed by atoms with Gasteiger partial charge in [-0.2, -0.15) is 21.5 Å². The van der Waals surface area contributed by atoms with E-state index in [4.69, 9.17) is 14.9 Å². The minimum atomic E-state index is -0.239. The van der Waals surface area contributed by atoms with Gasteiger partial charge in [0.15, 0.2) is 0 Å². The topological polar surface area (TPSA) is 63.0 Å². The molecule has 0 spiro atoms. The first-order valence-corrected chi connectivity index (χ1v) is 13.5. The van der Waals surface area contributed by atoms with Gasteiger partial charge in [0.2, 0.25) is 0 Å². The maximum Gasteiger partial charge on any atom is 0.257 e. The molecule has 1 atom stereocenters. The number of aryl methyl sites for hydroxylation is 1. The Labute approximate surface area is 220 Å². The van der Waals surface area contributed by atoms with E-state index in [2.05, 4.69) is 59.1 Å². The standard InChI is InChI=1S/C29H29N5O2S/c1-21-6-5-7-22(16-21)29-25(18-33(31-29)24-8-3-2-4-9-24)27-17-26(23-10-15-37-20-23)30-34(27)28(35)19-32-11-13-36-14-12-32/h2-10,15-16,18,20,27H,11-14,17,19H2,1H3/t27-/m1/s1. The van der Waals surface area contributed by atoms with Gasteiger partial charge in [-0.05, 0) is 41.9 Å². The second-order valence-corrected chi connectivity index (χ2v) is 10.3. The molecule has 0 unspecified atom stereocenters. The number of aromatic nitrogens is 2. The smallest absolute Gasteiger partial charge is 0.257 e. The molecular weight excluding hydrogens is 482 g/mol. The molecule has 0 saturated carbocycles. The highest BCUT2D eigenvalue weighted by atomic mass is 32.1. The van der Waals surface area contributed by atoms with Crippen molar-refractivity contribution in [2.24, 2.45) is 5.10 Å². The number of benzene rings is 2. The van der Waals surface area contributed by atoms with Crippen LogP contribution in [0.1, 0.15) is 29.2 Å². The van der Waals surface area contributed by atoms with Crippen molar-refractivity contribution in [1.29, 1.82) is 0 Å². The van der Waals surface area contributed by atoms with Crippen LogP contribution in [0.4, 0.5) is 0 Å². The molecule has 0 aliphatic carbocycles. The van der Waals surface area contributed by atoms with Crippen molar-refractivity contribution in [3.8, 4) is 16.9 Å². The van der Waals surface area contributed by atoms with Crippen LogP contribution in [0.15, 0.2) is 82.7 Å². The molecular formula is C29H29N5O2S. The third-order valence-corrected chi connectivity index (χ3v) is 7.58. The van der Waals surface area contributed by atoms with Gasteiger partial charge in [0.25, 0.3) is 5.91 Å². The normalized spacial score (nSPS) is 18.2. The molecule has 0 bridgehead atoms. The largest absolute Gasteiger partial charge is 0.379 e. The Balaban J connectivity index is 1.42. The fourth-order valence-corrected chi connectivity index (χ4v) is 5.63. The Hall–Kier alpha value is -3.59. The van der Waals surface area contributed by atoms with E-state index in [1.165, 1.54) is 5.56 Å². The van der Waals surface area contributed by atoms with E-state index < -0.39 is 0 Å². The summed E-state index contributed by atoms with van der Waals surface area (Å²) >= 11 is 1.64. The lowest BCUT2D eigenvalue weighted by Crippen LogP contribution is -2.43. The van der Waals surface area contributed by atoms with E-state index in [1.807, 2.05) is 35.0 Å². The zero-order valence-corrected chi connectivity index (χ0v) is 21.6. The molecule has 1 fully saturated rings. The lowest BCUT2D eigenvalue weighted by molar-refractivity contribution is -0.135. The predicted molar refractivity (Wildman–Crippen MR) is 146 cm³/mol. The van der Waals surface area contributed by atoms with Crippen LogP contribution in [0.2, 0.25) is 0 Å². The molecule has 2 aliphatic rings. The van der Waals surface area contributed by atoms with E-state index >= 15 is 0 Å². The van der Waals surface area contributed by atoms with Crippen LogP contribution in [-0.2, 0) is 9.53 Å². The van der Waals surface area contributed by atoms with Crippen LogP contribution >= 0.6 is 11.3 Å². The van der Waals surface area contributed by atoms with E-state index in [9.17, 15) is 4.79 Å². The Morgan fingerprint density at radius 1 is 1.05 bits per heavy atom. The van der Waals surface area contributed by atoms with Gasteiger partial charge in [0.05, 0.1) is 42.9 Å². The van der Waals surface area contributed by atoms with Gasteiger partial charge in [-0.25, -0.2) is 9.69 Å². The van der Waals surface area contributed by atoms with Crippen molar-refractivity contribution in [1.82, 2.24) is 19.7 Å². The van der Waals surface area contributed by atoms with Gasteiger partial charge in [-0.3, -0.25) is 9.69 Å². The van der Waals surface area contributed by atoms with Gasteiger partial charge < -0.3 is 4.74 Å². The van der Waals surface area contributed by atoms with Gasteiger partial charge >= 0.3 is 0 Å². The van der Waals surface area contributed by atoms with E-state index in [-0.39, 0.29) is 11.9 Å². The van der Waals surface area contributed by atoms with Crippen molar-refractivity contribution >= 4 is 23.0 Å². The number of carbonyl (C=O) groups excluding carboxylic acids is 1. The zero-order valence-electron chi connectivity index (χ0n) is 20.8. The minimum absolute atomic E-state index is 0.000201. The number of para-hydroxylation sites is 1.